The molecule has 6 nitrogen and oxygen atoms in total. The minimum absolute atomic E-state index is 0.0623. The maximum atomic E-state index is 12.9. The molecule has 0 aliphatic heterocycles. The molecule has 0 aliphatic carbocycles. The zero-order valence-electron chi connectivity index (χ0n) is 18.4. The maximum Gasteiger partial charge on any atom is 0.395 e. The van der Waals surface area contributed by atoms with Crippen LogP contribution in [0, 0.1) is 0 Å². The van der Waals surface area contributed by atoms with E-state index in [-0.39, 0.29) is 23.3 Å². The molecule has 176 valence electrons. The number of aromatic nitrogens is 2. The number of nitrogens with zero attached hydrogens (tertiary/aromatic N) is 1. The number of benzene rings is 2. The van der Waals surface area contributed by atoms with Crippen molar-refractivity contribution in [1.82, 2.24) is 9.55 Å². The molecular formula is C25H22F3N3O3. The third kappa shape index (κ3) is 4.22. The van der Waals surface area contributed by atoms with Gasteiger partial charge in [-0.05, 0) is 42.3 Å². The van der Waals surface area contributed by atoms with Gasteiger partial charge in [0.2, 0.25) is 0 Å². The molecule has 1 unspecified atom stereocenters. The first-order valence-electron chi connectivity index (χ1n) is 10.5. The minimum Gasteiger partial charge on any atom is -0.392 e. The molecule has 2 heterocycles. The first-order chi connectivity index (χ1) is 16.1. The summed E-state index contributed by atoms with van der Waals surface area (Å²) in [4.78, 5) is 28.1. The van der Waals surface area contributed by atoms with E-state index in [0.29, 0.717) is 33.3 Å². The number of anilines is 1. The summed E-state index contributed by atoms with van der Waals surface area (Å²) in [7, 11) is 1.62. The largest absolute Gasteiger partial charge is 0.395 e. The van der Waals surface area contributed by atoms with Crippen LogP contribution in [-0.2, 0) is 13.7 Å². The Morgan fingerprint density at radius 3 is 2.47 bits per heavy atom. The van der Waals surface area contributed by atoms with Gasteiger partial charge >= 0.3 is 6.18 Å². The molecule has 0 bridgehead atoms. The number of aromatic amines is 1. The molecule has 0 spiro atoms. The van der Waals surface area contributed by atoms with Gasteiger partial charge in [0, 0.05) is 47.2 Å². The molecule has 4 rings (SSSR count). The lowest BCUT2D eigenvalue weighted by molar-refractivity contribution is -0.146. The van der Waals surface area contributed by atoms with Gasteiger partial charge in [0.15, 0.2) is 0 Å². The van der Waals surface area contributed by atoms with Crippen LogP contribution in [0.1, 0.15) is 34.3 Å². The second-order valence-corrected chi connectivity index (χ2v) is 8.05. The second kappa shape index (κ2) is 8.83. The number of rotatable bonds is 5. The standard InChI is InChI=1S/C25H22F3N3O3/c1-14(25(26,27)28)15-6-8-16(9-7-15)23(33)30-21-5-3-4-17(20(21)13-32)19-12-31(2)24(34)22-18(19)10-11-29-22/h3-12,14,29,32H,13H2,1-2H3,(H,30,33). The zero-order valence-corrected chi connectivity index (χ0v) is 18.4. The van der Waals surface area contributed by atoms with Gasteiger partial charge in [-0.15, -0.1) is 0 Å². The predicted octanol–water partition coefficient (Wildman–Crippen LogP) is 4.94. The fourth-order valence-corrected chi connectivity index (χ4v) is 3.92. The molecule has 3 N–H and O–H groups in total. The Morgan fingerprint density at radius 1 is 1.12 bits per heavy atom. The molecule has 1 atom stereocenters. The first kappa shape index (κ1) is 23.3. The van der Waals surface area contributed by atoms with Crippen LogP contribution in [0.5, 0.6) is 0 Å². The van der Waals surface area contributed by atoms with Crippen LogP contribution in [-0.4, -0.2) is 26.7 Å². The number of aryl methyl sites for hydroxylation is 1. The monoisotopic (exact) mass is 469 g/mol. The smallest absolute Gasteiger partial charge is 0.392 e. The number of aliphatic hydroxyl groups is 1. The molecular weight excluding hydrogens is 447 g/mol. The lowest BCUT2D eigenvalue weighted by atomic mass is 9.97. The van der Waals surface area contributed by atoms with Gasteiger partial charge < -0.3 is 20.0 Å². The quantitative estimate of drug-likeness (QED) is 0.387. The zero-order chi connectivity index (χ0) is 24.6. The van der Waals surface area contributed by atoms with Crippen LogP contribution in [0.3, 0.4) is 0 Å². The summed E-state index contributed by atoms with van der Waals surface area (Å²) in [6.07, 6.45) is -1.05. The topological polar surface area (TPSA) is 87.1 Å². The summed E-state index contributed by atoms with van der Waals surface area (Å²) in [6, 6.07) is 12.1. The van der Waals surface area contributed by atoms with Crippen molar-refractivity contribution in [3.8, 4) is 11.1 Å². The molecule has 0 radical (unpaired) electrons. The van der Waals surface area contributed by atoms with E-state index >= 15 is 0 Å². The number of alkyl halides is 3. The number of nitrogens with one attached hydrogen (secondary N) is 2. The summed E-state index contributed by atoms with van der Waals surface area (Å²) in [6.45, 7) is 0.678. The Bertz CT molecular complexity index is 1420. The van der Waals surface area contributed by atoms with Gasteiger partial charge in [-0.25, -0.2) is 0 Å². The predicted molar refractivity (Wildman–Crippen MR) is 124 cm³/mol. The second-order valence-electron chi connectivity index (χ2n) is 8.05. The van der Waals surface area contributed by atoms with E-state index in [4.69, 9.17) is 0 Å². The number of H-pyrrole nitrogens is 1. The highest BCUT2D eigenvalue weighted by molar-refractivity contribution is 6.05. The van der Waals surface area contributed by atoms with Crippen molar-refractivity contribution in [2.45, 2.75) is 25.6 Å². The van der Waals surface area contributed by atoms with E-state index in [0.717, 1.165) is 6.92 Å². The van der Waals surface area contributed by atoms with Crippen molar-refractivity contribution in [1.29, 1.82) is 0 Å². The number of carbonyl (C=O) groups is 1. The highest BCUT2D eigenvalue weighted by Gasteiger charge is 2.36. The number of hydrogen-bond donors (Lipinski definition) is 3. The number of amides is 1. The lowest BCUT2D eigenvalue weighted by Crippen LogP contribution is -2.18. The molecule has 9 heteroatoms. The van der Waals surface area contributed by atoms with Crippen LogP contribution in [0.25, 0.3) is 22.0 Å². The summed E-state index contributed by atoms with van der Waals surface area (Å²) < 4.78 is 40.3. The average Bonchev–Trinajstić information content (AvgIpc) is 3.30. The molecule has 4 aromatic rings. The van der Waals surface area contributed by atoms with Crippen molar-refractivity contribution in [3.05, 3.63) is 88.0 Å². The van der Waals surface area contributed by atoms with E-state index < -0.39 is 18.0 Å². The molecule has 34 heavy (non-hydrogen) atoms. The minimum atomic E-state index is -4.37. The number of carbonyl (C=O) groups excluding carboxylic acids is 1. The third-order valence-corrected chi connectivity index (χ3v) is 5.93. The van der Waals surface area contributed by atoms with Gasteiger partial charge in [-0.2, -0.15) is 13.2 Å². The number of aliphatic hydroxyl groups excluding tert-OH is 1. The Kier molecular flexibility index (Phi) is 6.05. The van der Waals surface area contributed by atoms with Crippen LogP contribution in [0.4, 0.5) is 18.9 Å². The molecule has 0 saturated heterocycles. The van der Waals surface area contributed by atoms with Crippen molar-refractivity contribution in [2.24, 2.45) is 7.05 Å². The number of pyridine rings is 1. The Hall–Kier alpha value is -3.85. The normalized spacial score (nSPS) is 12.6. The molecule has 0 saturated carbocycles. The van der Waals surface area contributed by atoms with Crippen molar-refractivity contribution >= 4 is 22.5 Å². The lowest BCUT2D eigenvalue weighted by Gasteiger charge is -2.17. The number of halogens is 3. The third-order valence-electron chi connectivity index (χ3n) is 5.93. The number of hydrogen-bond acceptors (Lipinski definition) is 3. The van der Waals surface area contributed by atoms with Crippen molar-refractivity contribution in [2.75, 3.05) is 5.32 Å². The Balaban J connectivity index is 1.68. The highest BCUT2D eigenvalue weighted by Crippen LogP contribution is 2.35. The summed E-state index contributed by atoms with van der Waals surface area (Å²) >= 11 is 0. The van der Waals surface area contributed by atoms with Crippen LogP contribution < -0.4 is 10.9 Å². The molecule has 0 fully saturated rings. The van der Waals surface area contributed by atoms with E-state index in [2.05, 4.69) is 10.3 Å². The van der Waals surface area contributed by atoms with Crippen LogP contribution in [0.15, 0.2) is 65.7 Å². The van der Waals surface area contributed by atoms with Gasteiger partial charge in [-0.1, -0.05) is 24.3 Å². The van der Waals surface area contributed by atoms with Gasteiger partial charge in [0.1, 0.15) is 5.52 Å². The number of fused-ring (bicyclic) bond motifs is 1. The van der Waals surface area contributed by atoms with E-state index in [1.165, 1.54) is 28.8 Å². The van der Waals surface area contributed by atoms with E-state index in [1.54, 1.807) is 43.7 Å². The van der Waals surface area contributed by atoms with Gasteiger partial charge in [-0.3, -0.25) is 9.59 Å². The van der Waals surface area contributed by atoms with E-state index in [9.17, 15) is 27.9 Å². The maximum absolute atomic E-state index is 12.9. The molecule has 2 aromatic carbocycles. The average molecular weight is 469 g/mol. The first-order valence-corrected chi connectivity index (χ1v) is 10.5. The van der Waals surface area contributed by atoms with Crippen molar-refractivity contribution < 1.29 is 23.1 Å². The molecule has 0 aliphatic rings. The summed E-state index contributed by atoms with van der Waals surface area (Å²) in [5, 5.41) is 13.5. The Labute approximate surface area is 192 Å². The molecule has 2 aromatic heterocycles. The summed E-state index contributed by atoms with van der Waals surface area (Å²) in [5.41, 5.74) is 2.61. The fourth-order valence-electron chi connectivity index (χ4n) is 3.92. The van der Waals surface area contributed by atoms with Crippen LogP contribution >= 0.6 is 0 Å². The van der Waals surface area contributed by atoms with E-state index in [1.807, 2.05) is 0 Å². The molecule has 1 amide bonds. The fraction of sp³-hybridized carbons (Fsp3) is 0.200. The Morgan fingerprint density at radius 2 is 1.82 bits per heavy atom. The highest BCUT2D eigenvalue weighted by atomic mass is 19.4. The van der Waals surface area contributed by atoms with Crippen LogP contribution in [0.2, 0.25) is 0 Å². The summed E-state index contributed by atoms with van der Waals surface area (Å²) in [5.74, 6) is -2.17. The van der Waals surface area contributed by atoms with Gasteiger partial charge in [0.25, 0.3) is 11.5 Å². The van der Waals surface area contributed by atoms with Gasteiger partial charge in [0.05, 0.1) is 12.5 Å². The van der Waals surface area contributed by atoms with Crippen molar-refractivity contribution in [3.63, 3.8) is 0 Å². The SMILES string of the molecule is CC(c1ccc(C(=O)Nc2cccc(-c3cn(C)c(=O)c4[nH]ccc34)c2CO)cc1)C(F)(F)F.